The first kappa shape index (κ1) is 17.7. The Morgan fingerprint density at radius 1 is 1.07 bits per heavy atom. The molecule has 0 radical (unpaired) electrons. The molecule has 0 aliphatic rings. The van der Waals surface area contributed by atoms with Crippen LogP contribution in [0.3, 0.4) is 0 Å². The molecule has 0 aliphatic heterocycles. The number of H-pyrrole nitrogens is 1. The van der Waals surface area contributed by atoms with Crippen LogP contribution in [0.25, 0.3) is 22.2 Å². The molecule has 1 amide bonds. The van der Waals surface area contributed by atoms with Crippen molar-refractivity contribution in [1.82, 2.24) is 19.9 Å². The van der Waals surface area contributed by atoms with Crippen molar-refractivity contribution in [3.05, 3.63) is 89.1 Å². The molecule has 0 saturated heterocycles. The van der Waals surface area contributed by atoms with E-state index >= 15 is 0 Å². The van der Waals surface area contributed by atoms with Crippen molar-refractivity contribution < 1.29 is 4.79 Å². The molecular weight excluding hydrogens is 352 g/mol. The second kappa shape index (κ2) is 7.92. The quantitative estimate of drug-likeness (QED) is 0.546. The Bertz CT molecular complexity index is 1160. The Balaban J connectivity index is 1.35. The fraction of sp³-hybridized carbons (Fsp3) is 0.136. The zero-order valence-electron chi connectivity index (χ0n) is 15.3. The van der Waals surface area contributed by atoms with Crippen molar-refractivity contribution in [3.63, 3.8) is 0 Å². The van der Waals surface area contributed by atoms with Gasteiger partial charge in [-0.05, 0) is 18.1 Å². The highest BCUT2D eigenvalue weighted by atomic mass is 16.2. The van der Waals surface area contributed by atoms with E-state index in [4.69, 9.17) is 0 Å². The molecule has 0 fully saturated rings. The maximum absolute atomic E-state index is 12.3. The summed E-state index contributed by atoms with van der Waals surface area (Å²) in [5.74, 6) is -0.212. The molecule has 0 bridgehead atoms. The zero-order valence-corrected chi connectivity index (χ0v) is 15.3. The van der Waals surface area contributed by atoms with Crippen molar-refractivity contribution in [2.45, 2.75) is 13.0 Å². The van der Waals surface area contributed by atoms with Crippen LogP contribution in [-0.2, 0) is 17.8 Å². The molecule has 28 heavy (non-hydrogen) atoms. The molecule has 140 valence electrons. The average Bonchev–Trinajstić information content (AvgIpc) is 3.13. The van der Waals surface area contributed by atoms with Crippen molar-refractivity contribution in [2.24, 2.45) is 0 Å². The average molecular weight is 372 g/mol. The summed E-state index contributed by atoms with van der Waals surface area (Å²) >= 11 is 0. The lowest BCUT2D eigenvalue weighted by Gasteiger charge is -2.08. The third-order valence-corrected chi connectivity index (χ3v) is 4.65. The minimum atomic E-state index is -0.249. The number of para-hydroxylation sites is 1. The predicted molar refractivity (Wildman–Crippen MR) is 109 cm³/mol. The van der Waals surface area contributed by atoms with Gasteiger partial charge < -0.3 is 10.3 Å². The van der Waals surface area contributed by atoms with Crippen LogP contribution in [0.2, 0.25) is 0 Å². The van der Waals surface area contributed by atoms with Crippen LogP contribution >= 0.6 is 0 Å². The van der Waals surface area contributed by atoms with Gasteiger partial charge in [0, 0.05) is 35.3 Å². The van der Waals surface area contributed by atoms with Crippen LogP contribution in [0, 0.1) is 0 Å². The van der Waals surface area contributed by atoms with Gasteiger partial charge in [-0.15, -0.1) is 0 Å². The van der Waals surface area contributed by atoms with Gasteiger partial charge in [0.15, 0.2) is 0 Å². The summed E-state index contributed by atoms with van der Waals surface area (Å²) in [6.45, 7) is 0.458. The molecule has 2 heterocycles. The second-order valence-electron chi connectivity index (χ2n) is 6.57. The van der Waals surface area contributed by atoms with Gasteiger partial charge in [0.2, 0.25) is 5.91 Å². The van der Waals surface area contributed by atoms with Gasteiger partial charge in [0.05, 0.1) is 12.0 Å². The summed E-state index contributed by atoms with van der Waals surface area (Å²) < 4.78 is 1.31. The molecule has 2 aromatic heterocycles. The minimum absolute atomic E-state index is 0.0468. The summed E-state index contributed by atoms with van der Waals surface area (Å²) in [4.78, 5) is 32.0. The molecule has 0 saturated carbocycles. The van der Waals surface area contributed by atoms with Crippen LogP contribution in [0.5, 0.6) is 0 Å². The highest BCUT2D eigenvalue weighted by Gasteiger charge is 2.08. The van der Waals surface area contributed by atoms with Gasteiger partial charge in [0.25, 0.3) is 5.56 Å². The van der Waals surface area contributed by atoms with Crippen LogP contribution in [0.1, 0.15) is 5.56 Å². The molecule has 2 N–H and O–H groups in total. The van der Waals surface area contributed by atoms with E-state index in [1.165, 1.54) is 17.0 Å². The molecule has 6 nitrogen and oxygen atoms in total. The Hall–Kier alpha value is -3.67. The number of aromatic nitrogens is 3. The third kappa shape index (κ3) is 3.86. The van der Waals surface area contributed by atoms with E-state index in [-0.39, 0.29) is 18.0 Å². The zero-order chi connectivity index (χ0) is 19.3. The maximum atomic E-state index is 12.3. The normalized spacial score (nSPS) is 10.9. The number of benzene rings is 2. The lowest BCUT2D eigenvalue weighted by atomic mass is 10.1. The summed E-state index contributed by atoms with van der Waals surface area (Å²) in [7, 11) is 0. The SMILES string of the molecule is O=C(Cn1cnc(-c2ccccc2)cc1=O)NCCc1c[nH]c2ccccc12. The Labute approximate surface area is 161 Å². The number of fused-ring (bicyclic) bond motifs is 1. The second-order valence-corrected chi connectivity index (χ2v) is 6.57. The molecule has 4 rings (SSSR count). The first-order valence-electron chi connectivity index (χ1n) is 9.14. The lowest BCUT2D eigenvalue weighted by Crippen LogP contribution is -2.33. The van der Waals surface area contributed by atoms with E-state index in [1.807, 2.05) is 54.7 Å². The standard InChI is InChI=1S/C22H20N4O2/c27-21(23-11-10-17-13-24-19-9-5-4-8-18(17)19)14-26-15-25-20(12-22(26)28)16-6-2-1-3-7-16/h1-9,12-13,15,24H,10-11,14H2,(H,23,27). The summed E-state index contributed by atoms with van der Waals surface area (Å²) in [6.07, 6.45) is 4.10. The fourth-order valence-corrected chi connectivity index (χ4v) is 3.20. The number of rotatable bonds is 6. The first-order chi connectivity index (χ1) is 13.7. The molecule has 0 spiro atoms. The Morgan fingerprint density at radius 2 is 1.86 bits per heavy atom. The molecule has 0 atom stereocenters. The molecular formula is C22H20N4O2. The summed E-state index contributed by atoms with van der Waals surface area (Å²) in [5.41, 5.74) is 3.46. The fourth-order valence-electron chi connectivity index (χ4n) is 3.20. The first-order valence-corrected chi connectivity index (χ1v) is 9.14. The van der Waals surface area contributed by atoms with Gasteiger partial charge >= 0.3 is 0 Å². The largest absolute Gasteiger partial charge is 0.361 e. The number of hydrogen-bond donors (Lipinski definition) is 2. The van der Waals surface area contributed by atoms with Gasteiger partial charge in [-0.25, -0.2) is 4.98 Å². The molecule has 6 heteroatoms. The number of nitrogens with zero attached hydrogens (tertiary/aromatic N) is 2. The molecule has 0 unspecified atom stereocenters. The number of hydrogen-bond acceptors (Lipinski definition) is 3. The van der Waals surface area contributed by atoms with E-state index in [9.17, 15) is 9.59 Å². The van der Waals surface area contributed by atoms with Crippen LogP contribution < -0.4 is 10.9 Å². The van der Waals surface area contributed by atoms with Gasteiger partial charge in [-0.2, -0.15) is 0 Å². The van der Waals surface area contributed by atoms with E-state index in [0.29, 0.717) is 12.2 Å². The Morgan fingerprint density at radius 3 is 2.68 bits per heavy atom. The predicted octanol–water partition coefficient (Wildman–Crippen LogP) is 2.75. The van der Waals surface area contributed by atoms with Crippen LogP contribution in [0.15, 0.2) is 78.0 Å². The highest BCUT2D eigenvalue weighted by molar-refractivity contribution is 5.83. The van der Waals surface area contributed by atoms with Crippen molar-refractivity contribution in [3.8, 4) is 11.3 Å². The highest BCUT2D eigenvalue weighted by Crippen LogP contribution is 2.17. The number of aromatic amines is 1. The van der Waals surface area contributed by atoms with Crippen molar-refractivity contribution in [1.29, 1.82) is 0 Å². The van der Waals surface area contributed by atoms with E-state index in [1.54, 1.807) is 0 Å². The maximum Gasteiger partial charge on any atom is 0.254 e. The van der Waals surface area contributed by atoms with Gasteiger partial charge in [-0.1, -0.05) is 48.5 Å². The van der Waals surface area contributed by atoms with E-state index in [0.717, 1.165) is 28.5 Å². The number of nitrogens with one attached hydrogen (secondary N) is 2. The third-order valence-electron chi connectivity index (χ3n) is 4.65. The topological polar surface area (TPSA) is 79.8 Å². The van der Waals surface area contributed by atoms with Crippen LogP contribution in [0.4, 0.5) is 0 Å². The number of carbonyl (C=O) groups is 1. The smallest absolute Gasteiger partial charge is 0.254 e. The minimum Gasteiger partial charge on any atom is -0.361 e. The molecule has 2 aromatic carbocycles. The number of amides is 1. The summed E-state index contributed by atoms with van der Waals surface area (Å²) in [5, 5.41) is 4.03. The Kier molecular flexibility index (Phi) is 5.01. The van der Waals surface area contributed by atoms with E-state index < -0.39 is 0 Å². The lowest BCUT2D eigenvalue weighted by molar-refractivity contribution is -0.121. The number of carbonyl (C=O) groups excluding carboxylic acids is 1. The van der Waals surface area contributed by atoms with Crippen molar-refractivity contribution >= 4 is 16.8 Å². The monoisotopic (exact) mass is 372 g/mol. The summed E-state index contributed by atoms with van der Waals surface area (Å²) in [6, 6.07) is 19.0. The van der Waals surface area contributed by atoms with Gasteiger partial charge in [0.1, 0.15) is 6.54 Å². The molecule has 4 aromatic rings. The molecule has 0 aliphatic carbocycles. The van der Waals surface area contributed by atoms with E-state index in [2.05, 4.69) is 21.4 Å². The van der Waals surface area contributed by atoms with Gasteiger partial charge in [-0.3, -0.25) is 14.2 Å². The van der Waals surface area contributed by atoms with Crippen LogP contribution in [-0.4, -0.2) is 27.0 Å². The van der Waals surface area contributed by atoms with Crippen molar-refractivity contribution in [2.75, 3.05) is 6.54 Å².